The number of benzene rings is 1. The minimum absolute atomic E-state index is 0.117. The van der Waals surface area contributed by atoms with Gasteiger partial charge in [0, 0.05) is 49.2 Å². The monoisotopic (exact) mass is 376 g/mol. The van der Waals surface area contributed by atoms with Crippen molar-refractivity contribution in [2.75, 3.05) is 45.2 Å². The maximum atomic E-state index is 12.8. The first-order valence-electron chi connectivity index (χ1n) is 9.27. The molecule has 140 valence electrons. The average molecular weight is 377 g/mol. The van der Waals surface area contributed by atoms with Gasteiger partial charge in [0.2, 0.25) is 5.91 Å². The fourth-order valence-electron chi connectivity index (χ4n) is 3.96. The molecule has 1 unspecified atom stereocenters. The fourth-order valence-corrected chi connectivity index (χ4v) is 4.12. The molecule has 2 aromatic rings. The normalized spacial score (nSPS) is 21.9. The molecule has 2 aliphatic rings. The van der Waals surface area contributed by atoms with Gasteiger partial charge in [-0.25, -0.2) is 0 Å². The van der Waals surface area contributed by atoms with E-state index in [1.807, 2.05) is 17.0 Å². The zero-order valence-electron chi connectivity index (χ0n) is 15.3. The molecular formula is C19H25ClN4O2. The zero-order valence-corrected chi connectivity index (χ0v) is 16.1. The predicted molar refractivity (Wildman–Crippen MR) is 103 cm³/mol. The summed E-state index contributed by atoms with van der Waals surface area (Å²) in [5.74, 6) is 0.435. The molecule has 1 aromatic heterocycles. The van der Waals surface area contributed by atoms with Gasteiger partial charge in [-0.15, -0.1) is 0 Å². The summed E-state index contributed by atoms with van der Waals surface area (Å²) in [4.78, 5) is 23.8. The van der Waals surface area contributed by atoms with Crippen molar-refractivity contribution >= 4 is 34.6 Å². The molecule has 4 rings (SSSR count). The van der Waals surface area contributed by atoms with E-state index in [1.165, 1.54) is 0 Å². The molecule has 26 heavy (non-hydrogen) atoms. The summed E-state index contributed by atoms with van der Waals surface area (Å²) < 4.78 is 5.85. The Morgan fingerprint density at radius 3 is 2.69 bits per heavy atom. The van der Waals surface area contributed by atoms with Gasteiger partial charge in [0.25, 0.3) is 6.01 Å². The molecule has 0 bridgehead atoms. The minimum atomic E-state index is 0.117. The third kappa shape index (κ3) is 3.40. The summed E-state index contributed by atoms with van der Waals surface area (Å²) in [7, 11) is 4.18. The minimum Gasteiger partial charge on any atom is -0.423 e. The number of hydrogen-bond donors (Lipinski definition) is 0. The lowest BCUT2D eigenvalue weighted by molar-refractivity contribution is -0.135. The lowest BCUT2D eigenvalue weighted by Crippen LogP contribution is -2.43. The van der Waals surface area contributed by atoms with Crippen molar-refractivity contribution in [1.82, 2.24) is 14.8 Å². The van der Waals surface area contributed by atoms with Crippen LogP contribution in [0, 0.1) is 5.92 Å². The summed E-state index contributed by atoms with van der Waals surface area (Å²) >= 11 is 6.01. The van der Waals surface area contributed by atoms with E-state index < -0.39 is 0 Å². The van der Waals surface area contributed by atoms with Crippen LogP contribution in [0.4, 0.5) is 6.01 Å². The molecule has 0 aliphatic carbocycles. The van der Waals surface area contributed by atoms with Crippen LogP contribution in [-0.2, 0) is 4.79 Å². The number of amides is 1. The Labute approximate surface area is 158 Å². The van der Waals surface area contributed by atoms with Gasteiger partial charge < -0.3 is 19.1 Å². The Kier molecular flexibility index (Phi) is 4.80. The molecule has 0 radical (unpaired) electrons. The molecule has 1 aromatic carbocycles. The van der Waals surface area contributed by atoms with Crippen LogP contribution in [-0.4, -0.2) is 67.0 Å². The molecule has 7 heteroatoms. The van der Waals surface area contributed by atoms with Gasteiger partial charge in [0.1, 0.15) is 5.52 Å². The molecule has 2 fully saturated rings. The van der Waals surface area contributed by atoms with E-state index >= 15 is 0 Å². The van der Waals surface area contributed by atoms with Crippen molar-refractivity contribution in [2.24, 2.45) is 5.92 Å². The largest absolute Gasteiger partial charge is 0.423 e. The Hall–Kier alpha value is -1.79. The summed E-state index contributed by atoms with van der Waals surface area (Å²) in [6.45, 7) is 3.33. The van der Waals surface area contributed by atoms with Gasteiger partial charge in [-0.3, -0.25) is 4.79 Å². The molecule has 0 N–H and O–H groups in total. The van der Waals surface area contributed by atoms with Crippen LogP contribution in [0.2, 0.25) is 5.02 Å². The molecule has 0 spiro atoms. The number of rotatable bonds is 3. The number of carbonyl (C=O) groups is 1. The Morgan fingerprint density at radius 2 is 2.00 bits per heavy atom. The van der Waals surface area contributed by atoms with Crippen molar-refractivity contribution < 1.29 is 9.21 Å². The SMILES string of the molecule is CN(C)C1CCN(C(=O)C2CCN(c3nc4ccc(Cl)cc4o3)CC2)C1. The molecular weight excluding hydrogens is 352 g/mol. The molecule has 1 amide bonds. The van der Waals surface area contributed by atoms with E-state index in [1.54, 1.807) is 6.07 Å². The lowest BCUT2D eigenvalue weighted by Gasteiger charge is -2.32. The highest BCUT2D eigenvalue weighted by molar-refractivity contribution is 6.31. The number of nitrogens with zero attached hydrogens (tertiary/aromatic N) is 4. The number of hydrogen-bond acceptors (Lipinski definition) is 5. The van der Waals surface area contributed by atoms with E-state index in [4.69, 9.17) is 16.0 Å². The summed E-state index contributed by atoms with van der Waals surface area (Å²) in [6.07, 6.45) is 2.77. The van der Waals surface area contributed by atoms with Crippen molar-refractivity contribution in [2.45, 2.75) is 25.3 Å². The standard InChI is InChI=1S/C19H25ClN4O2/c1-22(2)15-7-10-24(12-15)18(25)13-5-8-23(9-6-13)19-21-16-4-3-14(20)11-17(16)26-19/h3-4,11,13,15H,5-10,12H2,1-2H3. The maximum Gasteiger partial charge on any atom is 0.298 e. The molecule has 1 atom stereocenters. The second-order valence-electron chi connectivity index (χ2n) is 7.56. The summed E-state index contributed by atoms with van der Waals surface area (Å²) in [5, 5.41) is 0.645. The van der Waals surface area contributed by atoms with E-state index in [9.17, 15) is 4.79 Å². The Morgan fingerprint density at radius 1 is 1.23 bits per heavy atom. The molecule has 2 aliphatic heterocycles. The van der Waals surface area contributed by atoms with Gasteiger partial charge in [-0.1, -0.05) is 11.6 Å². The number of aromatic nitrogens is 1. The highest BCUT2D eigenvalue weighted by Gasteiger charge is 2.34. The van der Waals surface area contributed by atoms with Gasteiger partial charge in [0.05, 0.1) is 0 Å². The first-order valence-corrected chi connectivity index (χ1v) is 9.65. The highest BCUT2D eigenvalue weighted by Crippen LogP contribution is 2.29. The van der Waals surface area contributed by atoms with Crippen LogP contribution < -0.4 is 4.90 Å². The van der Waals surface area contributed by atoms with E-state index in [0.29, 0.717) is 28.6 Å². The van der Waals surface area contributed by atoms with Crippen LogP contribution in [0.15, 0.2) is 22.6 Å². The smallest absolute Gasteiger partial charge is 0.298 e. The van der Waals surface area contributed by atoms with Gasteiger partial charge in [-0.2, -0.15) is 4.98 Å². The van der Waals surface area contributed by atoms with E-state index in [-0.39, 0.29) is 5.92 Å². The fraction of sp³-hybridized carbons (Fsp3) is 0.579. The van der Waals surface area contributed by atoms with Crippen molar-refractivity contribution in [3.8, 4) is 0 Å². The average Bonchev–Trinajstić information content (AvgIpc) is 3.28. The molecule has 6 nitrogen and oxygen atoms in total. The van der Waals surface area contributed by atoms with Gasteiger partial charge in [0.15, 0.2) is 5.58 Å². The van der Waals surface area contributed by atoms with E-state index in [0.717, 1.165) is 51.0 Å². The van der Waals surface area contributed by atoms with Gasteiger partial charge in [-0.05, 0) is 45.5 Å². The first kappa shape index (κ1) is 17.6. The summed E-state index contributed by atoms with van der Waals surface area (Å²) in [6, 6.07) is 6.60. The maximum absolute atomic E-state index is 12.8. The summed E-state index contributed by atoms with van der Waals surface area (Å²) in [5.41, 5.74) is 1.52. The topological polar surface area (TPSA) is 52.8 Å². The zero-order chi connectivity index (χ0) is 18.3. The third-order valence-corrected chi connectivity index (χ3v) is 5.89. The predicted octanol–water partition coefficient (Wildman–Crippen LogP) is 2.86. The Bertz CT molecular complexity index is 798. The Balaban J connectivity index is 1.37. The molecule has 0 saturated carbocycles. The van der Waals surface area contributed by atoms with Crippen LogP contribution in [0.25, 0.3) is 11.1 Å². The van der Waals surface area contributed by atoms with Crippen LogP contribution in [0.1, 0.15) is 19.3 Å². The lowest BCUT2D eigenvalue weighted by atomic mass is 9.95. The van der Waals surface area contributed by atoms with E-state index in [2.05, 4.69) is 28.9 Å². The number of anilines is 1. The number of fused-ring (bicyclic) bond motifs is 1. The number of likely N-dealkylation sites (tertiary alicyclic amines) is 1. The van der Waals surface area contributed by atoms with Crippen molar-refractivity contribution in [1.29, 1.82) is 0 Å². The van der Waals surface area contributed by atoms with Crippen molar-refractivity contribution in [3.05, 3.63) is 23.2 Å². The highest BCUT2D eigenvalue weighted by atomic mass is 35.5. The quantitative estimate of drug-likeness (QED) is 0.824. The first-order chi connectivity index (χ1) is 12.5. The number of halogens is 1. The van der Waals surface area contributed by atoms with Crippen molar-refractivity contribution in [3.63, 3.8) is 0 Å². The van der Waals surface area contributed by atoms with Gasteiger partial charge >= 0.3 is 0 Å². The van der Waals surface area contributed by atoms with Crippen LogP contribution in [0.5, 0.6) is 0 Å². The number of likely N-dealkylation sites (N-methyl/N-ethyl adjacent to an activating group) is 1. The number of carbonyl (C=O) groups excluding carboxylic acids is 1. The number of piperidine rings is 1. The number of oxazole rings is 1. The molecule has 2 saturated heterocycles. The van der Waals surface area contributed by atoms with Crippen LogP contribution in [0.3, 0.4) is 0 Å². The molecule has 3 heterocycles. The van der Waals surface area contributed by atoms with Crippen LogP contribution >= 0.6 is 11.6 Å². The second-order valence-corrected chi connectivity index (χ2v) is 8.00. The second kappa shape index (κ2) is 7.08. The third-order valence-electron chi connectivity index (χ3n) is 5.66.